The van der Waals surface area contributed by atoms with Crippen LogP contribution in [0.2, 0.25) is 0 Å². The van der Waals surface area contributed by atoms with Gasteiger partial charge in [-0.1, -0.05) is 0 Å². The molecular formula is C7H9N3. The predicted molar refractivity (Wildman–Crippen MR) is 40.6 cm³/mol. The van der Waals surface area contributed by atoms with Crippen molar-refractivity contribution in [1.82, 2.24) is 4.98 Å². The number of rotatable bonds is 2. The van der Waals surface area contributed by atoms with E-state index in [1.165, 1.54) is 5.56 Å². The average molecular weight is 135 g/mol. The zero-order valence-corrected chi connectivity index (χ0v) is 5.57. The van der Waals surface area contributed by atoms with Gasteiger partial charge in [0, 0.05) is 25.0 Å². The van der Waals surface area contributed by atoms with E-state index >= 15 is 0 Å². The van der Waals surface area contributed by atoms with Crippen molar-refractivity contribution >= 4 is 6.21 Å². The molecule has 52 valence electrons. The molecule has 0 spiro atoms. The quantitative estimate of drug-likeness (QED) is 0.366. The first-order valence-corrected chi connectivity index (χ1v) is 3.04. The SMILES string of the molecule is N/N=C/Cc1ccncc1. The summed E-state index contributed by atoms with van der Waals surface area (Å²) in [4.78, 5) is 3.88. The van der Waals surface area contributed by atoms with Crippen molar-refractivity contribution in [2.24, 2.45) is 10.9 Å². The third-order valence-corrected chi connectivity index (χ3v) is 1.18. The summed E-state index contributed by atoms with van der Waals surface area (Å²) >= 11 is 0. The van der Waals surface area contributed by atoms with Crippen molar-refractivity contribution < 1.29 is 0 Å². The second-order valence-corrected chi connectivity index (χ2v) is 1.89. The van der Waals surface area contributed by atoms with Gasteiger partial charge >= 0.3 is 0 Å². The highest BCUT2D eigenvalue weighted by Crippen LogP contribution is 1.94. The molecule has 2 N–H and O–H groups in total. The van der Waals surface area contributed by atoms with Gasteiger partial charge < -0.3 is 5.84 Å². The van der Waals surface area contributed by atoms with Gasteiger partial charge in [0.1, 0.15) is 0 Å². The second-order valence-electron chi connectivity index (χ2n) is 1.89. The number of pyridine rings is 1. The minimum atomic E-state index is 0.777. The molecule has 0 unspecified atom stereocenters. The van der Waals surface area contributed by atoms with Crippen molar-refractivity contribution in [1.29, 1.82) is 0 Å². The first-order chi connectivity index (χ1) is 4.93. The summed E-state index contributed by atoms with van der Waals surface area (Å²) in [6.07, 6.45) is 5.94. The van der Waals surface area contributed by atoms with E-state index in [2.05, 4.69) is 10.1 Å². The molecule has 0 radical (unpaired) electrons. The summed E-state index contributed by atoms with van der Waals surface area (Å²) in [5.41, 5.74) is 1.17. The maximum absolute atomic E-state index is 4.93. The fourth-order valence-corrected chi connectivity index (χ4v) is 0.677. The first-order valence-electron chi connectivity index (χ1n) is 3.04. The lowest BCUT2D eigenvalue weighted by atomic mass is 10.2. The van der Waals surface area contributed by atoms with Crippen LogP contribution in [0.15, 0.2) is 29.6 Å². The summed E-state index contributed by atoms with van der Waals surface area (Å²) in [6, 6.07) is 3.86. The molecule has 1 rings (SSSR count). The summed E-state index contributed by atoms with van der Waals surface area (Å²) in [5.74, 6) is 4.93. The van der Waals surface area contributed by atoms with Crippen molar-refractivity contribution in [2.45, 2.75) is 6.42 Å². The van der Waals surface area contributed by atoms with Crippen molar-refractivity contribution in [3.63, 3.8) is 0 Å². The third kappa shape index (κ3) is 1.85. The molecule has 0 bridgehead atoms. The maximum atomic E-state index is 4.93. The highest BCUT2D eigenvalue weighted by molar-refractivity contribution is 5.60. The lowest BCUT2D eigenvalue weighted by molar-refractivity contribution is 1.21. The molecule has 0 atom stereocenters. The van der Waals surface area contributed by atoms with Crippen LogP contribution in [0.4, 0.5) is 0 Å². The Hall–Kier alpha value is -1.38. The predicted octanol–water partition coefficient (Wildman–Crippen LogP) is 0.569. The van der Waals surface area contributed by atoms with Gasteiger partial charge in [0.25, 0.3) is 0 Å². The van der Waals surface area contributed by atoms with E-state index in [9.17, 15) is 0 Å². The largest absolute Gasteiger partial charge is 0.324 e. The molecule has 0 aliphatic carbocycles. The Morgan fingerprint density at radius 2 is 2.20 bits per heavy atom. The minimum Gasteiger partial charge on any atom is -0.324 e. The van der Waals surface area contributed by atoms with Crippen molar-refractivity contribution in [3.05, 3.63) is 30.1 Å². The van der Waals surface area contributed by atoms with Crippen LogP contribution in [-0.4, -0.2) is 11.2 Å². The molecule has 1 heterocycles. The van der Waals surface area contributed by atoms with E-state index in [-0.39, 0.29) is 0 Å². The zero-order valence-electron chi connectivity index (χ0n) is 5.57. The highest BCUT2D eigenvalue weighted by atomic mass is 15.1. The third-order valence-electron chi connectivity index (χ3n) is 1.18. The summed E-state index contributed by atoms with van der Waals surface area (Å²) in [7, 11) is 0. The van der Waals surface area contributed by atoms with E-state index in [0.29, 0.717) is 0 Å². The van der Waals surface area contributed by atoms with Gasteiger partial charge in [0.2, 0.25) is 0 Å². The zero-order chi connectivity index (χ0) is 7.23. The van der Waals surface area contributed by atoms with E-state index < -0.39 is 0 Å². The molecule has 0 aliphatic heterocycles. The van der Waals surface area contributed by atoms with E-state index in [0.717, 1.165) is 6.42 Å². The Morgan fingerprint density at radius 1 is 1.50 bits per heavy atom. The first kappa shape index (κ1) is 6.74. The second kappa shape index (κ2) is 3.61. The van der Waals surface area contributed by atoms with Crippen LogP contribution >= 0.6 is 0 Å². The molecular weight excluding hydrogens is 126 g/mol. The molecule has 0 fully saturated rings. The molecule has 10 heavy (non-hydrogen) atoms. The van der Waals surface area contributed by atoms with Crippen LogP contribution in [-0.2, 0) is 6.42 Å². The molecule has 0 saturated heterocycles. The van der Waals surface area contributed by atoms with Crippen LogP contribution in [0.25, 0.3) is 0 Å². The van der Waals surface area contributed by atoms with Crippen LogP contribution in [0.1, 0.15) is 5.56 Å². The van der Waals surface area contributed by atoms with Gasteiger partial charge in [0.15, 0.2) is 0 Å². The van der Waals surface area contributed by atoms with Gasteiger partial charge in [-0.2, -0.15) is 5.10 Å². The summed E-state index contributed by atoms with van der Waals surface area (Å²) < 4.78 is 0. The Morgan fingerprint density at radius 3 is 2.80 bits per heavy atom. The standard InChI is InChI=1S/C7H9N3/c8-10-6-3-7-1-4-9-5-2-7/h1-2,4-6H,3,8H2/b10-6+. The Kier molecular flexibility index (Phi) is 2.43. The smallest absolute Gasteiger partial charge is 0.0284 e. The van der Waals surface area contributed by atoms with Crippen LogP contribution in [0, 0.1) is 0 Å². The number of hydrazone groups is 1. The molecule has 3 nitrogen and oxygen atoms in total. The van der Waals surface area contributed by atoms with Crippen molar-refractivity contribution in [2.75, 3.05) is 0 Å². The van der Waals surface area contributed by atoms with Gasteiger partial charge in [-0.05, 0) is 17.7 Å². The number of nitrogens with two attached hydrogens (primary N) is 1. The molecule has 0 saturated carbocycles. The van der Waals surface area contributed by atoms with Gasteiger partial charge in [-0.15, -0.1) is 0 Å². The lowest BCUT2D eigenvalue weighted by Crippen LogP contribution is -1.88. The van der Waals surface area contributed by atoms with Crippen LogP contribution in [0.5, 0.6) is 0 Å². The normalized spacial score (nSPS) is 10.4. The van der Waals surface area contributed by atoms with E-state index in [1.807, 2.05) is 12.1 Å². The summed E-state index contributed by atoms with van der Waals surface area (Å²) in [6.45, 7) is 0. The molecule has 3 heteroatoms. The lowest BCUT2D eigenvalue weighted by Gasteiger charge is -1.90. The van der Waals surface area contributed by atoms with Crippen LogP contribution in [0.3, 0.4) is 0 Å². The fraction of sp³-hybridized carbons (Fsp3) is 0.143. The van der Waals surface area contributed by atoms with Gasteiger partial charge in [0.05, 0.1) is 0 Å². The fourth-order valence-electron chi connectivity index (χ4n) is 0.677. The Labute approximate surface area is 59.6 Å². The topological polar surface area (TPSA) is 51.3 Å². The monoisotopic (exact) mass is 135 g/mol. The molecule has 0 aromatic carbocycles. The molecule has 0 aliphatic rings. The Balaban J connectivity index is 2.59. The number of hydrogen-bond donors (Lipinski definition) is 1. The number of aromatic nitrogens is 1. The number of hydrogen-bond acceptors (Lipinski definition) is 3. The summed E-state index contributed by atoms with van der Waals surface area (Å²) in [5, 5.41) is 3.39. The van der Waals surface area contributed by atoms with Gasteiger partial charge in [-0.25, -0.2) is 0 Å². The minimum absolute atomic E-state index is 0.777. The Bertz CT molecular complexity index is 205. The maximum Gasteiger partial charge on any atom is 0.0284 e. The van der Waals surface area contributed by atoms with Crippen LogP contribution < -0.4 is 5.84 Å². The van der Waals surface area contributed by atoms with E-state index in [1.54, 1.807) is 18.6 Å². The van der Waals surface area contributed by atoms with Crippen molar-refractivity contribution in [3.8, 4) is 0 Å². The number of nitrogens with zero attached hydrogens (tertiary/aromatic N) is 2. The molecule has 1 aromatic heterocycles. The highest BCUT2D eigenvalue weighted by Gasteiger charge is 1.84. The molecule has 1 aromatic rings. The molecule has 0 amide bonds. The van der Waals surface area contributed by atoms with E-state index in [4.69, 9.17) is 5.84 Å². The van der Waals surface area contributed by atoms with Gasteiger partial charge in [-0.3, -0.25) is 4.98 Å². The average Bonchev–Trinajstić information content (AvgIpc) is 2.03.